The van der Waals surface area contributed by atoms with Crippen LogP contribution in [0.5, 0.6) is 0 Å². The molecule has 3 rings (SSSR count). The molecule has 24 heavy (non-hydrogen) atoms. The van der Waals surface area contributed by atoms with Gasteiger partial charge in [-0.15, -0.1) is 0 Å². The number of benzene rings is 1. The molecule has 1 aliphatic carbocycles. The van der Waals surface area contributed by atoms with E-state index in [1.54, 1.807) is 6.07 Å². The van der Waals surface area contributed by atoms with Crippen LogP contribution in [0.25, 0.3) is 0 Å². The van der Waals surface area contributed by atoms with Gasteiger partial charge in [0.25, 0.3) is 0 Å². The standard InChI is InChI=1S/C19H25FN4/c1-14-13-18(23-16-8-3-2-4-9-16)24-19(22-14)21-12-11-15-7-5-6-10-17(15)20/h5-7,10,13,16H,2-4,8-9,11-12H2,1H3,(H2,21,22,23,24). The molecule has 2 N–H and O–H groups in total. The first-order valence-electron chi connectivity index (χ1n) is 8.80. The third kappa shape index (κ3) is 4.66. The zero-order valence-corrected chi connectivity index (χ0v) is 14.2. The van der Waals surface area contributed by atoms with Crippen LogP contribution in [0.3, 0.4) is 0 Å². The molecule has 0 amide bonds. The second-order valence-corrected chi connectivity index (χ2v) is 6.47. The van der Waals surface area contributed by atoms with Gasteiger partial charge in [-0.2, -0.15) is 4.98 Å². The van der Waals surface area contributed by atoms with E-state index >= 15 is 0 Å². The molecule has 0 aliphatic heterocycles. The Balaban J connectivity index is 1.58. The average molecular weight is 328 g/mol. The summed E-state index contributed by atoms with van der Waals surface area (Å²) in [5.41, 5.74) is 1.63. The second kappa shape index (κ2) is 8.08. The Morgan fingerprint density at radius 1 is 1.12 bits per heavy atom. The Labute approximate surface area is 142 Å². The summed E-state index contributed by atoms with van der Waals surface area (Å²) < 4.78 is 13.6. The number of aromatic nitrogens is 2. The molecule has 4 nitrogen and oxygen atoms in total. The van der Waals surface area contributed by atoms with Crippen molar-refractivity contribution in [3.63, 3.8) is 0 Å². The van der Waals surface area contributed by atoms with Crippen molar-refractivity contribution < 1.29 is 4.39 Å². The van der Waals surface area contributed by atoms with Gasteiger partial charge in [0.1, 0.15) is 11.6 Å². The molecule has 5 heteroatoms. The second-order valence-electron chi connectivity index (χ2n) is 6.47. The average Bonchev–Trinajstić information content (AvgIpc) is 2.57. The van der Waals surface area contributed by atoms with Crippen molar-refractivity contribution in [2.45, 2.75) is 51.5 Å². The van der Waals surface area contributed by atoms with Gasteiger partial charge in [-0.25, -0.2) is 9.37 Å². The summed E-state index contributed by atoms with van der Waals surface area (Å²) in [6, 6.07) is 9.36. The van der Waals surface area contributed by atoms with Crippen LogP contribution in [-0.4, -0.2) is 22.6 Å². The first-order chi connectivity index (χ1) is 11.7. The predicted octanol–water partition coefficient (Wildman–Crippen LogP) is 4.32. The Morgan fingerprint density at radius 2 is 1.92 bits per heavy atom. The van der Waals surface area contributed by atoms with E-state index in [4.69, 9.17) is 0 Å². The van der Waals surface area contributed by atoms with Gasteiger partial charge in [0.05, 0.1) is 0 Å². The molecular weight excluding hydrogens is 303 g/mol. The first-order valence-corrected chi connectivity index (χ1v) is 8.80. The summed E-state index contributed by atoms with van der Waals surface area (Å²) in [6.07, 6.45) is 6.93. The Morgan fingerprint density at radius 3 is 2.71 bits per heavy atom. The van der Waals surface area contributed by atoms with Crippen LogP contribution in [0.15, 0.2) is 30.3 Å². The highest BCUT2D eigenvalue weighted by Crippen LogP contribution is 2.21. The molecule has 1 aliphatic rings. The minimum atomic E-state index is -0.163. The number of nitrogens with zero attached hydrogens (tertiary/aromatic N) is 2. The van der Waals surface area contributed by atoms with E-state index in [0.717, 1.165) is 11.5 Å². The van der Waals surface area contributed by atoms with E-state index in [2.05, 4.69) is 20.6 Å². The van der Waals surface area contributed by atoms with Crippen molar-refractivity contribution in [1.82, 2.24) is 9.97 Å². The maximum absolute atomic E-state index is 13.6. The number of rotatable bonds is 6. The van der Waals surface area contributed by atoms with Gasteiger partial charge in [-0.3, -0.25) is 0 Å². The summed E-state index contributed by atoms with van der Waals surface area (Å²) in [5.74, 6) is 1.32. The summed E-state index contributed by atoms with van der Waals surface area (Å²) in [6.45, 7) is 2.57. The van der Waals surface area contributed by atoms with E-state index in [1.165, 1.54) is 38.2 Å². The molecule has 128 valence electrons. The van der Waals surface area contributed by atoms with Crippen LogP contribution in [0.4, 0.5) is 16.2 Å². The van der Waals surface area contributed by atoms with Gasteiger partial charge in [-0.1, -0.05) is 37.5 Å². The van der Waals surface area contributed by atoms with Crippen LogP contribution in [-0.2, 0) is 6.42 Å². The van der Waals surface area contributed by atoms with E-state index < -0.39 is 0 Å². The Kier molecular flexibility index (Phi) is 5.62. The third-order valence-corrected chi connectivity index (χ3v) is 4.45. The maximum Gasteiger partial charge on any atom is 0.224 e. The normalized spacial score (nSPS) is 15.2. The van der Waals surface area contributed by atoms with Crippen molar-refractivity contribution >= 4 is 11.8 Å². The summed E-state index contributed by atoms with van der Waals surface area (Å²) in [5, 5.41) is 6.74. The van der Waals surface area contributed by atoms with Gasteiger partial charge in [0.2, 0.25) is 5.95 Å². The minimum absolute atomic E-state index is 0.163. The first kappa shape index (κ1) is 16.7. The van der Waals surface area contributed by atoms with Crippen LogP contribution in [0, 0.1) is 12.7 Å². The van der Waals surface area contributed by atoms with Gasteiger partial charge in [0.15, 0.2) is 0 Å². The van der Waals surface area contributed by atoms with Crippen molar-refractivity contribution in [2.75, 3.05) is 17.2 Å². The zero-order valence-electron chi connectivity index (χ0n) is 14.2. The molecular formula is C19H25FN4. The SMILES string of the molecule is Cc1cc(NC2CCCCC2)nc(NCCc2ccccc2F)n1. The molecule has 0 spiro atoms. The van der Waals surface area contributed by atoms with E-state index in [-0.39, 0.29) is 5.82 Å². The van der Waals surface area contributed by atoms with Crippen LogP contribution < -0.4 is 10.6 Å². The molecule has 1 aromatic carbocycles. The molecule has 2 aromatic rings. The molecule has 1 fully saturated rings. The topological polar surface area (TPSA) is 49.8 Å². The number of hydrogen-bond acceptors (Lipinski definition) is 4. The number of anilines is 2. The smallest absolute Gasteiger partial charge is 0.224 e. The number of hydrogen-bond donors (Lipinski definition) is 2. The fourth-order valence-corrected chi connectivity index (χ4v) is 3.19. The van der Waals surface area contributed by atoms with Gasteiger partial charge in [-0.05, 0) is 37.8 Å². The minimum Gasteiger partial charge on any atom is -0.367 e. The molecule has 1 aromatic heterocycles. The van der Waals surface area contributed by atoms with Crippen molar-refractivity contribution in [1.29, 1.82) is 0 Å². The molecule has 0 radical (unpaired) electrons. The summed E-state index contributed by atoms with van der Waals surface area (Å²) >= 11 is 0. The lowest BCUT2D eigenvalue weighted by Crippen LogP contribution is -2.23. The lowest BCUT2D eigenvalue weighted by atomic mass is 9.95. The summed E-state index contributed by atoms with van der Waals surface area (Å²) in [7, 11) is 0. The van der Waals surface area contributed by atoms with Gasteiger partial charge < -0.3 is 10.6 Å². The molecule has 0 atom stereocenters. The molecule has 1 saturated carbocycles. The maximum atomic E-state index is 13.6. The van der Waals surface area contributed by atoms with Crippen molar-refractivity contribution in [3.8, 4) is 0 Å². The highest BCUT2D eigenvalue weighted by atomic mass is 19.1. The van der Waals surface area contributed by atoms with E-state index in [9.17, 15) is 4.39 Å². The molecule has 1 heterocycles. The molecule has 0 bridgehead atoms. The number of aryl methyl sites for hydroxylation is 1. The lowest BCUT2D eigenvalue weighted by molar-refractivity contribution is 0.462. The zero-order chi connectivity index (χ0) is 16.8. The fraction of sp³-hybridized carbons (Fsp3) is 0.474. The molecule has 0 saturated heterocycles. The largest absolute Gasteiger partial charge is 0.367 e. The summed E-state index contributed by atoms with van der Waals surface area (Å²) in [4.78, 5) is 8.98. The van der Waals surface area contributed by atoms with Gasteiger partial charge >= 0.3 is 0 Å². The van der Waals surface area contributed by atoms with Gasteiger partial charge in [0, 0.05) is 24.3 Å². The number of nitrogens with one attached hydrogen (secondary N) is 2. The van der Waals surface area contributed by atoms with E-state index in [1.807, 2.05) is 25.1 Å². The predicted molar refractivity (Wildman–Crippen MR) is 95.9 cm³/mol. The highest BCUT2D eigenvalue weighted by Gasteiger charge is 2.14. The Hall–Kier alpha value is -2.17. The quantitative estimate of drug-likeness (QED) is 0.829. The van der Waals surface area contributed by atoms with Crippen LogP contribution in [0.2, 0.25) is 0 Å². The van der Waals surface area contributed by atoms with Crippen molar-refractivity contribution in [2.24, 2.45) is 0 Å². The fourth-order valence-electron chi connectivity index (χ4n) is 3.19. The van der Waals surface area contributed by atoms with E-state index in [0.29, 0.717) is 30.5 Å². The Bertz CT molecular complexity index is 668. The highest BCUT2D eigenvalue weighted by molar-refractivity contribution is 5.43. The lowest BCUT2D eigenvalue weighted by Gasteiger charge is -2.23. The van der Waals surface area contributed by atoms with Crippen molar-refractivity contribution in [3.05, 3.63) is 47.4 Å². The van der Waals surface area contributed by atoms with Crippen LogP contribution in [0.1, 0.15) is 43.4 Å². The number of halogens is 1. The third-order valence-electron chi connectivity index (χ3n) is 4.45. The van der Waals surface area contributed by atoms with Crippen LogP contribution >= 0.6 is 0 Å². The monoisotopic (exact) mass is 328 g/mol. The molecule has 0 unspecified atom stereocenters.